The zero-order chi connectivity index (χ0) is 12.8. The number of benzene rings is 1. The summed E-state index contributed by atoms with van der Waals surface area (Å²) in [4.78, 5) is 15.6. The number of hydrogen-bond donors (Lipinski definition) is 2. The van der Waals surface area contributed by atoms with E-state index in [4.69, 9.17) is 0 Å². The summed E-state index contributed by atoms with van der Waals surface area (Å²) in [6.07, 6.45) is 3.43. The first-order valence-electron chi connectivity index (χ1n) is 5.41. The minimum absolute atomic E-state index is 0.272. The van der Waals surface area contributed by atoms with Gasteiger partial charge >= 0.3 is 6.03 Å². The molecule has 0 spiro atoms. The van der Waals surface area contributed by atoms with Crippen molar-refractivity contribution in [3.63, 3.8) is 0 Å². The van der Waals surface area contributed by atoms with Gasteiger partial charge in [-0.05, 0) is 17.7 Å². The molecule has 1 aromatic carbocycles. The van der Waals surface area contributed by atoms with Crippen LogP contribution in [0.15, 0.2) is 39.9 Å². The second kappa shape index (κ2) is 6.61. The molecule has 94 valence electrons. The maximum absolute atomic E-state index is 11.5. The van der Waals surface area contributed by atoms with E-state index in [1.807, 2.05) is 30.3 Å². The lowest BCUT2D eigenvalue weighted by Gasteiger charge is -2.02. The van der Waals surface area contributed by atoms with E-state index >= 15 is 0 Å². The van der Waals surface area contributed by atoms with Crippen LogP contribution in [0.4, 0.5) is 4.79 Å². The molecule has 4 nitrogen and oxygen atoms in total. The second-order valence-corrected chi connectivity index (χ2v) is 5.43. The van der Waals surface area contributed by atoms with Gasteiger partial charge in [0.1, 0.15) is 0 Å². The lowest BCUT2D eigenvalue weighted by atomic mass is 10.2. The second-order valence-electron chi connectivity index (χ2n) is 3.49. The summed E-state index contributed by atoms with van der Waals surface area (Å²) in [7, 11) is 0. The molecule has 6 heteroatoms. The van der Waals surface area contributed by atoms with E-state index in [1.54, 1.807) is 18.0 Å². The van der Waals surface area contributed by atoms with Gasteiger partial charge in [0.2, 0.25) is 0 Å². The summed E-state index contributed by atoms with van der Waals surface area (Å²) >= 11 is 4.98. The van der Waals surface area contributed by atoms with Crippen molar-refractivity contribution in [2.45, 2.75) is 0 Å². The fraction of sp³-hybridized carbons (Fsp3) is 0.167. The molecule has 2 rings (SSSR count). The molecule has 1 aliphatic heterocycles. The highest BCUT2D eigenvalue weighted by Gasteiger charge is 2.09. The van der Waals surface area contributed by atoms with Crippen LogP contribution in [0.1, 0.15) is 5.56 Å². The molecule has 2 amide bonds. The molecule has 1 aromatic rings. The van der Waals surface area contributed by atoms with Crippen molar-refractivity contribution in [2.24, 2.45) is 4.99 Å². The van der Waals surface area contributed by atoms with E-state index in [2.05, 4.69) is 31.6 Å². The van der Waals surface area contributed by atoms with E-state index in [0.29, 0.717) is 5.17 Å². The van der Waals surface area contributed by atoms with Crippen LogP contribution in [-0.2, 0) is 0 Å². The highest BCUT2D eigenvalue weighted by molar-refractivity contribution is 9.10. The minimum atomic E-state index is -0.272. The maximum atomic E-state index is 11.5. The van der Waals surface area contributed by atoms with Gasteiger partial charge in [0.25, 0.3) is 0 Å². The Morgan fingerprint density at radius 2 is 2.28 bits per heavy atom. The van der Waals surface area contributed by atoms with Crippen LogP contribution in [0.5, 0.6) is 0 Å². The standard InChI is InChI=1S/C12H12BrN3OS/c13-10-4-2-1-3-9(10)5-6-14-11(17)16-12-15-7-8-18-12/h1-6H,7-8H2,(H2,14,15,16,17)/b6-5+. The van der Waals surface area contributed by atoms with Crippen LogP contribution in [0, 0.1) is 0 Å². The van der Waals surface area contributed by atoms with Crippen LogP contribution in [0.25, 0.3) is 6.08 Å². The molecule has 0 bridgehead atoms. The molecule has 0 fully saturated rings. The van der Waals surface area contributed by atoms with Crippen LogP contribution in [-0.4, -0.2) is 23.5 Å². The first-order valence-corrected chi connectivity index (χ1v) is 7.19. The lowest BCUT2D eigenvalue weighted by Crippen LogP contribution is -2.34. The average Bonchev–Trinajstić information content (AvgIpc) is 2.84. The van der Waals surface area contributed by atoms with Crippen LogP contribution in [0.2, 0.25) is 0 Å². The number of nitrogens with one attached hydrogen (secondary N) is 2. The SMILES string of the molecule is O=C(N/C=C/c1ccccc1Br)NC1=NCCS1. The van der Waals surface area contributed by atoms with Crippen molar-refractivity contribution in [2.75, 3.05) is 12.3 Å². The number of halogens is 1. The van der Waals surface area contributed by atoms with Gasteiger partial charge in [-0.2, -0.15) is 0 Å². The molecule has 1 aliphatic rings. The van der Waals surface area contributed by atoms with Crippen LogP contribution in [0.3, 0.4) is 0 Å². The Morgan fingerprint density at radius 1 is 1.44 bits per heavy atom. The molecule has 0 unspecified atom stereocenters. The van der Waals surface area contributed by atoms with Gasteiger partial charge < -0.3 is 5.32 Å². The Kier molecular flexibility index (Phi) is 4.83. The summed E-state index contributed by atoms with van der Waals surface area (Å²) in [6.45, 7) is 0.771. The lowest BCUT2D eigenvalue weighted by molar-refractivity contribution is 0.248. The summed E-state index contributed by atoms with van der Waals surface area (Å²) in [5, 5.41) is 6.00. The molecular weight excluding hydrogens is 314 g/mol. The predicted molar refractivity (Wildman–Crippen MR) is 79.6 cm³/mol. The number of rotatable bonds is 2. The van der Waals surface area contributed by atoms with Crippen molar-refractivity contribution >= 4 is 45.0 Å². The van der Waals surface area contributed by atoms with Crippen molar-refractivity contribution in [3.05, 3.63) is 40.5 Å². The summed E-state index contributed by atoms with van der Waals surface area (Å²) in [6, 6.07) is 7.51. The fourth-order valence-corrected chi connectivity index (χ4v) is 2.50. The molecule has 1 heterocycles. The highest BCUT2D eigenvalue weighted by atomic mass is 79.9. The first kappa shape index (κ1) is 13.2. The smallest absolute Gasteiger partial charge is 0.314 e. The van der Waals surface area contributed by atoms with Crippen LogP contribution < -0.4 is 10.6 Å². The first-order chi connectivity index (χ1) is 8.75. The molecule has 18 heavy (non-hydrogen) atoms. The molecule has 0 aromatic heterocycles. The van der Waals surface area contributed by atoms with Gasteiger partial charge in [-0.1, -0.05) is 45.9 Å². The van der Waals surface area contributed by atoms with Crippen molar-refractivity contribution < 1.29 is 4.79 Å². The van der Waals surface area contributed by atoms with E-state index in [9.17, 15) is 4.79 Å². The largest absolute Gasteiger partial charge is 0.324 e. The number of hydrogen-bond acceptors (Lipinski definition) is 3. The molecule has 2 N–H and O–H groups in total. The number of nitrogens with zero attached hydrogens (tertiary/aromatic N) is 1. The van der Waals surface area contributed by atoms with Crippen molar-refractivity contribution in [1.29, 1.82) is 0 Å². The van der Waals surface area contributed by atoms with E-state index in [1.165, 1.54) is 0 Å². The average molecular weight is 326 g/mol. The van der Waals surface area contributed by atoms with Gasteiger partial charge in [0.05, 0.1) is 6.54 Å². The number of thioether (sulfide) groups is 1. The highest BCUT2D eigenvalue weighted by Crippen LogP contribution is 2.16. The molecule has 0 saturated heterocycles. The Labute approximate surface area is 118 Å². The Bertz CT molecular complexity index is 502. The number of urea groups is 1. The third kappa shape index (κ3) is 3.89. The normalized spacial score (nSPS) is 14.6. The Balaban J connectivity index is 1.84. The zero-order valence-electron chi connectivity index (χ0n) is 9.52. The van der Waals surface area contributed by atoms with Gasteiger partial charge in [-0.15, -0.1) is 0 Å². The summed E-state index contributed by atoms with van der Waals surface area (Å²) in [5.41, 5.74) is 1.00. The van der Waals surface area contributed by atoms with Crippen molar-refractivity contribution in [1.82, 2.24) is 10.6 Å². The van der Waals surface area contributed by atoms with Crippen LogP contribution >= 0.6 is 27.7 Å². The van der Waals surface area contributed by atoms with E-state index in [0.717, 1.165) is 22.3 Å². The van der Waals surface area contributed by atoms with E-state index < -0.39 is 0 Å². The fourth-order valence-electron chi connectivity index (χ4n) is 1.36. The summed E-state index contributed by atoms with van der Waals surface area (Å²) in [5.74, 6) is 0.933. The molecule has 0 saturated carbocycles. The summed E-state index contributed by atoms with van der Waals surface area (Å²) < 4.78 is 0.985. The third-order valence-corrected chi connectivity index (χ3v) is 3.80. The number of aliphatic imine (C=N–C) groups is 1. The number of carbonyl (C=O) groups is 1. The Hall–Kier alpha value is -1.27. The molecule has 0 aliphatic carbocycles. The number of amides is 2. The molecular formula is C12H12BrN3OS. The quantitative estimate of drug-likeness (QED) is 0.878. The predicted octanol–water partition coefficient (Wildman–Crippen LogP) is 2.82. The Morgan fingerprint density at radius 3 is 3.00 bits per heavy atom. The van der Waals surface area contributed by atoms with Gasteiger partial charge in [0, 0.05) is 16.4 Å². The third-order valence-electron chi connectivity index (χ3n) is 2.19. The monoisotopic (exact) mass is 325 g/mol. The van der Waals surface area contributed by atoms with Gasteiger partial charge in [-0.25, -0.2) is 4.79 Å². The van der Waals surface area contributed by atoms with E-state index in [-0.39, 0.29) is 6.03 Å². The van der Waals surface area contributed by atoms with Gasteiger partial charge in [-0.3, -0.25) is 10.3 Å². The topological polar surface area (TPSA) is 53.5 Å². The molecule has 0 atom stereocenters. The zero-order valence-corrected chi connectivity index (χ0v) is 11.9. The van der Waals surface area contributed by atoms with Gasteiger partial charge in [0.15, 0.2) is 5.17 Å². The minimum Gasteiger partial charge on any atom is -0.314 e. The number of amidine groups is 1. The maximum Gasteiger partial charge on any atom is 0.324 e. The molecule has 0 radical (unpaired) electrons. The van der Waals surface area contributed by atoms with Crippen molar-refractivity contribution in [3.8, 4) is 0 Å². The number of carbonyl (C=O) groups excluding carboxylic acids is 1.